The van der Waals surface area contributed by atoms with E-state index in [1.165, 1.54) is 0 Å². The predicted molar refractivity (Wildman–Crippen MR) is 132 cm³/mol. The molecule has 156 valence electrons. The largest absolute Gasteiger partial charge is 0.396 e. The van der Waals surface area contributed by atoms with E-state index in [0.29, 0.717) is 32.3 Å². The zero-order valence-electron chi connectivity index (χ0n) is 15.9. The Morgan fingerprint density at radius 1 is 0.167 bits per heavy atom. The van der Waals surface area contributed by atoms with Crippen molar-refractivity contribution in [2.45, 2.75) is 0 Å². The Kier molecular flexibility index (Phi) is 3.36. The van der Waals surface area contributed by atoms with Crippen LogP contribution in [0.2, 0.25) is 0 Å². The third-order valence-electron chi connectivity index (χ3n) is 5.73. The van der Waals surface area contributed by atoms with E-state index in [1.807, 2.05) is 0 Å². The lowest BCUT2D eigenvalue weighted by Crippen LogP contribution is -2.11. The van der Waals surface area contributed by atoms with E-state index in [0.717, 1.165) is 0 Å². The first-order chi connectivity index (χ1) is 13.9. The Morgan fingerprint density at radius 3 is 0.367 bits per heavy atom. The monoisotopic (exact) mass is 408 g/mol. The first-order valence-electron chi connectivity index (χ1n) is 8.71. The summed E-state index contributed by atoms with van der Waals surface area (Å²) in [5.74, 6) is 0. The summed E-state index contributed by atoms with van der Waals surface area (Å²) in [6.07, 6.45) is 0. The molecule has 0 saturated carbocycles. The molecule has 0 heterocycles. The predicted octanol–water partition coefficient (Wildman–Crippen LogP) is 0.133. The van der Waals surface area contributed by atoms with Crippen molar-refractivity contribution in [2.24, 2.45) is 0 Å². The van der Waals surface area contributed by atoms with Crippen molar-refractivity contribution in [1.82, 2.24) is 0 Å². The van der Waals surface area contributed by atoms with Gasteiger partial charge in [-0.1, -0.05) is 0 Å². The Bertz CT molecular complexity index is 1140. The molecule has 0 unspecified atom stereocenters. The molecule has 30 heavy (non-hydrogen) atoms. The van der Waals surface area contributed by atoms with Crippen LogP contribution >= 0.6 is 0 Å². The molecule has 12 nitrogen and oxygen atoms in total. The molecule has 0 spiro atoms. The number of hydrogen-bond acceptors (Lipinski definition) is 12. The van der Waals surface area contributed by atoms with Gasteiger partial charge in [0.2, 0.25) is 0 Å². The van der Waals surface area contributed by atoms with Gasteiger partial charge >= 0.3 is 0 Å². The number of anilines is 12. The van der Waals surface area contributed by atoms with Crippen molar-refractivity contribution < 1.29 is 0 Å². The number of hydrogen-bond donors (Lipinski definition) is 12. The highest BCUT2D eigenvalue weighted by atomic mass is 14.8. The minimum absolute atomic E-state index is 0.0731. The number of rotatable bonds is 0. The van der Waals surface area contributed by atoms with E-state index in [9.17, 15) is 0 Å². The molecule has 0 fully saturated rings. The fourth-order valence-electron chi connectivity index (χ4n) is 4.04. The first-order valence-corrected chi connectivity index (χ1v) is 8.71. The third kappa shape index (κ3) is 1.83. The van der Waals surface area contributed by atoms with E-state index in [1.54, 1.807) is 0 Å². The molecule has 24 N–H and O–H groups in total. The molecular weight excluding hydrogens is 384 g/mol. The van der Waals surface area contributed by atoms with Crippen molar-refractivity contribution in [3.05, 3.63) is 0 Å². The molecule has 4 rings (SSSR count). The molecule has 0 radical (unpaired) electrons. The van der Waals surface area contributed by atoms with Gasteiger partial charge in [-0.3, -0.25) is 0 Å². The fourth-order valence-corrected chi connectivity index (χ4v) is 4.04. The van der Waals surface area contributed by atoms with Crippen molar-refractivity contribution in [3.63, 3.8) is 0 Å². The molecule has 0 atom stereocenters. The molecule has 0 amide bonds. The molecule has 0 bridgehead atoms. The van der Waals surface area contributed by atoms with Gasteiger partial charge in [-0.25, -0.2) is 0 Å². The van der Waals surface area contributed by atoms with Crippen LogP contribution in [0.4, 0.5) is 68.2 Å². The molecule has 0 aliphatic rings. The summed E-state index contributed by atoms with van der Waals surface area (Å²) >= 11 is 0. The van der Waals surface area contributed by atoms with Gasteiger partial charge in [0.05, 0.1) is 68.2 Å². The summed E-state index contributed by atoms with van der Waals surface area (Å²) < 4.78 is 0. The summed E-state index contributed by atoms with van der Waals surface area (Å²) in [6, 6.07) is 0. The molecule has 0 saturated heterocycles. The van der Waals surface area contributed by atoms with Gasteiger partial charge in [-0.2, -0.15) is 0 Å². The van der Waals surface area contributed by atoms with Crippen LogP contribution in [0.15, 0.2) is 0 Å². The van der Waals surface area contributed by atoms with Gasteiger partial charge < -0.3 is 68.8 Å². The standard InChI is InChI=1S/C18H24N12/c19-7-1-2(8(20)14(26)13(7)25)4-6(12(24)18(30)17(29)11(4)23)5-3(1)9(21)15(27)16(28)10(5)22/h19-30H2. The lowest BCUT2D eigenvalue weighted by atomic mass is 9.86. The highest BCUT2D eigenvalue weighted by molar-refractivity contribution is 6.43. The zero-order valence-corrected chi connectivity index (χ0v) is 15.9. The van der Waals surface area contributed by atoms with Crippen LogP contribution < -0.4 is 68.8 Å². The molecule has 0 aromatic heterocycles. The van der Waals surface area contributed by atoms with E-state index < -0.39 is 0 Å². The average Bonchev–Trinajstić information content (AvgIpc) is 2.73. The first kappa shape index (κ1) is 18.6. The van der Waals surface area contributed by atoms with Crippen molar-refractivity contribution in [3.8, 4) is 0 Å². The van der Waals surface area contributed by atoms with Gasteiger partial charge in [0.1, 0.15) is 0 Å². The number of benzene rings is 4. The maximum Gasteiger partial charge on any atom is 0.0809 e. The molecule has 12 heteroatoms. The second-order valence-electron chi connectivity index (χ2n) is 7.21. The van der Waals surface area contributed by atoms with E-state index in [2.05, 4.69) is 0 Å². The summed E-state index contributed by atoms with van der Waals surface area (Å²) in [4.78, 5) is 0. The number of fused-ring (bicyclic) bond motifs is 6. The quantitative estimate of drug-likeness (QED) is 0.136. The van der Waals surface area contributed by atoms with Crippen LogP contribution in [0.3, 0.4) is 0 Å². The smallest absolute Gasteiger partial charge is 0.0809 e. The molecule has 4 aromatic carbocycles. The minimum atomic E-state index is 0.0731. The second-order valence-corrected chi connectivity index (χ2v) is 7.21. The average molecular weight is 408 g/mol. The maximum absolute atomic E-state index is 6.35. The van der Waals surface area contributed by atoms with Crippen LogP contribution in [0.25, 0.3) is 32.3 Å². The van der Waals surface area contributed by atoms with Crippen LogP contribution in [0.1, 0.15) is 0 Å². The highest BCUT2D eigenvalue weighted by Crippen LogP contribution is 2.55. The lowest BCUT2D eigenvalue weighted by molar-refractivity contribution is 1.66. The minimum Gasteiger partial charge on any atom is -0.396 e. The lowest BCUT2D eigenvalue weighted by Gasteiger charge is -2.24. The maximum atomic E-state index is 6.35. The summed E-state index contributed by atoms with van der Waals surface area (Å²) in [5.41, 5.74) is 75.9. The van der Waals surface area contributed by atoms with Crippen LogP contribution in [0.5, 0.6) is 0 Å². The van der Waals surface area contributed by atoms with E-state index >= 15 is 0 Å². The van der Waals surface area contributed by atoms with Gasteiger partial charge in [0, 0.05) is 32.3 Å². The Morgan fingerprint density at radius 2 is 0.267 bits per heavy atom. The van der Waals surface area contributed by atoms with Crippen molar-refractivity contribution >= 4 is 101 Å². The number of nitrogens with two attached hydrogens (primary N) is 12. The van der Waals surface area contributed by atoms with Crippen LogP contribution in [-0.4, -0.2) is 0 Å². The summed E-state index contributed by atoms with van der Waals surface area (Å²) in [5, 5.41) is 2.13. The molecule has 4 aromatic rings. The normalized spacial score (nSPS) is 11.6. The van der Waals surface area contributed by atoms with Crippen molar-refractivity contribution in [2.75, 3.05) is 68.8 Å². The van der Waals surface area contributed by atoms with E-state index in [4.69, 9.17) is 68.8 Å². The second kappa shape index (κ2) is 5.41. The van der Waals surface area contributed by atoms with Gasteiger partial charge in [-0.05, 0) is 0 Å². The van der Waals surface area contributed by atoms with E-state index in [-0.39, 0.29) is 68.2 Å². The topological polar surface area (TPSA) is 312 Å². The molecule has 0 aliphatic heterocycles. The van der Waals surface area contributed by atoms with Crippen molar-refractivity contribution in [1.29, 1.82) is 0 Å². The third-order valence-corrected chi connectivity index (χ3v) is 5.73. The summed E-state index contributed by atoms with van der Waals surface area (Å²) in [6.45, 7) is 0. The zero-order chi connectivity index (χ0) is 22.4. The van der Waals surface area contributed by atoms with Crippen LogP contribution in [-0.2, 0) is 0 Å². The fraction of sp³-hybridized carbons (Fsp3) is 0. The Labute approximate surface area is 170 Å². The molecular formula is C18H24N12. The van der Waals surface area contributed by atoms with Crippen LogP contribution in [0, 0.1) is 0 Å². The SMILES string of the molecule is Nc1c(N)c(N)c2c(c1N)c1c(N)c(N)c(N)c(N)c1c1c(N)c(N)c(N)c(N)c21. The number of nitrogen functional groups attached to an aromatic ring is 12. The van der Waals surface area contributed by atoms with Gasteiger partial charge in [0.15, 0.2) is 0 Å². The van der Waals surface area contributed by atoms with Gasteiger partial charge in [0.25, 0.3) is 0 Å². The highest BCUT2D eigenvalue weighted by Gasteiger charge is 2.27. The van der Waals surface area contributed by atoms with Gasteiger partial charge in [-0.15, -0.1) is 0 Å². The summed E-state index contributed by atoms with van der Waals surface area (Å²) in [7, 11) is 0. The Balaban J connectivity index is 2.66. The molecule has 0 aliphatic carbocycles. The Hall–Kier alpha value is -4.74.